The third-order valence-corrected chi connectivity index (χ3v) is 6.28. The number of carbonyl (C=O) groups is 2. The standard InChI is InChI=1S/C22H30N2O3S/c1-17(2)20-16-27-22(26)24(20)19-8-12-23(13-9-19)21(25)11-15-28-14-10-18-6-4-3-5-7-18/h3-7,10,14,17,19-20H,8-9,11-13,15-16H2,1-2H3/b14-10-. The third-order valence-electron chi connectivity index (χ3n) is 5.52. The molecule has 0 aromatic heterocycles. The molecule has 2 heterocycles. The summed E-state index contributed by atoms with van der Waals surface area (Å²) in [5.74, 6) is 1.38. The van der Waals surface area contributed by atoms with Crippen molar-refractivity contribution in [3.05, 3.63) is 41.3 Å². The highest BCUT2D eigenvalue weighted by molar-refractivity contribution is 8.02. The van der Waals surface area contributed by atoms with E-state index in [9.17, 15) is 9.59 Å². The Morgan fingerprint density at radius 3 is 2.64 bits per heavy atom. The van der Waals surface area contributed by atoms with Crippen LogP contribution in [0.5, 0.6) is 0 Å². The Kier molecular flexibility index (Phi) is 7.43. The lowest BCUT2D eigenvalue weighted by molar-refractivity contribution is -0.132. The lowest BCUT2D eigenvalue weighted by atomic mass is 9.97. The quantitative estimate of drug-likeness (QED) is 0.640. The zero-order valence-electron chi connectivity index (χ0n) is 16.8. The van der Waals surface area contributed by atoms with E-state index in [1.54, 1.807) is 11.8 Å². The van der Waals surface area contributed by atoms with E-state index in [1.807, 2.05) is 28.0 Å². The molecular weight excluding hydrogens is 372 g/mol. The lowest BCUT2D eigenvalue weighted by Gasteiger charge is -2.38. The molecule has 1 atom stereocenters. The van der Waals surface area contributed by atoms with Gasteiger partial charge in [0, 0.05) is 31.3 Å². The highest BCUT2D eigenvalue weighted by atomic mass is 32.2. The van der Waals surface area contributed by atoms with Gasteiger partial charge in [-0.3, -0.25) is 9.69 Å². The van der Waals surface area contributed by atoms with Gasteiger partial charge in [-0.25, -0.2) is 4.79 Å². The molecule has 0 bridgehead atoms. The van der Waals surface area contributed by atoms with E-state index in [-0.39, 0.29) is 24.1 Å². The van der Waals surface area contributed by atoms with Gasteiger partial charge in [0.05, 0.1) is 6.04 Å². The van der Waals surface area contributed by atoms with Crippen molar-refractivity contribution in [2.45, 2.75) is 45.2 Å². The minimum absolute atomic E-state index is 0.160. The molecule has 0 spiro atoms. The number of benzene rings is 1. The maximum Gasteiger partial charge on any atom is 0.410 e. The van der Waals surface area contributed by atoms with Crippen LogP contribution in [0.3, 0.4) is 0 Å². The van der Waals surface area contributed by atoms with Crippen molar-refractivity contribution in [2.24, 2.45) is 5.92 Å². The second-order valence-corrected chi connectivity index (χ2v) is 8.76. The van der Waals surface area contributed by atoms with Crippen molar-refractivity contribution in [1.82, 2.24) is 9.80 Å². The average molecular weight is 403 g/mol. The molecule has 2 fully saturated rings. The van der Waals surface area contributed by atoms with E-state index < -0.39 is 0 Å². The Hall–Kier alpha value is -1.95. The number of hydrogen-bond donors (Lipinski definition) is 0. The van der Waals surface area contributed by atoms with Crippen LogP contribution < -0.4 is 0 Å². The van der Waals surface area contributed by atoms with Crippen molar-refractivity contribution in [3.8, 4) is 0 Å². The summed E-state index contributed by atoms with van der Waals surface area (Å²) in [5.41, 5.74) is 1.17. The van der Waals surface area contributed by atoms with Crippen LogP contribution in [0.25, 0.3) is 6.08 Å². The zero-order chi connectivity index (χ0) is 19.9. The fraction of sp³-hybridized carbons (Fsp3) is 0.545. The number of hydrogen-bond acceptors (Lipinski definition) is 4. The summed E-state index contributed by atoms with van der Waals surface area (Å²) in [5, 5.41) is 2.06. The number of likely N-dealkylation sites (tertiary alicyclic amines) is 1. The molecule has 2 saturated heterocycles. The van der Waals surface area contributed by atoms with E-state index >= 15 is 0 Å². The molecule has 2 aliphatic rings. The average Bonchev–Trinajstić information content (AvgIpc) is 3.10. The summed E-state index contributed by atoms with van der Waals surface area (Å²) in [6, 6.07) is 10.5. The summed E-state index contributed by atoms with van der Waals surface area (Å²) in [6.07, 6.45) is 4.11. The highest BCUT2D eigenvalue weighted by Gasteiger charge is 2.40. The SMILES string of the molecule is CC(C)C1COC(=O)N1C1CCN(C(=O)CCS/C=C\c2ccccc2)CC1. The molecule has 0 N–H and O–H groups in total. The fourth-order valence-electron chi connectivity index (χ4n) is 3.84. The van der Waals surface area contributed by atoms with E-state index in [1.165, 1.54) is 5.56 Å². The maximum absolute atomic E-state index is 12.5. The van der Waals surface area contributed by atoms with Crippen LogP contribution in [0, 0.1) is 5.92 Å². The number of piperidine rings is 1. The van der Waals surface area contributed by atoms with Crippen molar-refractivity contribution in [1.29, 1.82) is 0 Å². The van der Waals surface area contributed by atoms with E-state index in [2.05, 4.69) is 37.5 Å². The number of rotatable bonds is 7. The molecule has 28 heavy (non-hydrogen) atoms. The number of thioether (sulfide) groups is 1. The smallest absolute Gasteiger partial charge is 0.410 e. The molecule has 152 valence electrons. The minimum atomic E-state index is -0.190. The molecule has 1 aromatic carbocycles. The van der Waals surface area contributed by atoms with Gasteiger partial charge in [-0.2, -0.15) is 0 Å². The number of cyclic esters (lactones) is 1. The number of carbonyl (C=O) groups excluding carboxylic acids is 2. The van der Waals surface area contributed by atoms with E-state index in [0.29, 0.717) is 18.9 Å². The van der Waals surface area contributed by atoms with Gasteiger partial charge in [0.2, 0.25) is 5.91 Å². The van der Waals surface area contributed by atoms with Crippen LogP contribution in [0.2, 0.25) is 0 Å². The van der Waals surface area contributed by atoms with Gasteiger partial charge in [0.25, 0.3) is 0 Å². The first-order valence-electron chi connectivity index (χ1n) is 10.1. The van der Waals surface area contributed by atoms with Gasteiger partial charge in [-0.05, 0) is 35.8 Å². The third kappa shape index (κ3) is 5.31. The Bertz CT molecular complexity index is 684. The predicted molar refractivity (Wildman–Crippen MR) is 114 cm³/mol. The molecule has 5 nitrogen and oxygen atoms in total. The summed E-state index contributed by atoms with van der Waals surface area (Å²) in [6.45, 7) is 6.19. The monoisotopic (exact) mass is 402 g/mol. The molecule has 1 aromatic rings. The van der Waals surface area contributed by atoms with Crippen LogP contribution in [-0.4, -0.2) is 59.3 Å². The Morgan fingerprint density at radius 1 is 1.25 bits per heavy atom. The van der Waals surface area contributed by atoms with E-state index in [4.69, 9.17) is 4.74 Å². The van der Waals surface area contributed by atoms with Crippen molar-refractivity contribution in [2.75, 3.05) is 25.4 Å². The summed E-state index contributed by atoms with van der Waals surface area (Å²) in [4.78, 5) is 28.5. The first-order valence-corrected chi connectivity index (χ1v) is 11.2. The molecule has 6 heteroatoms. The topological polar surface area (TPSA) is 49.9 Å². The normalized spacial score (nSPS) is 21.0. The molecule has 2 aliphatic heterocycles. The molecule has 1 unspecified atom stereocenters. The number of nitrogens with zero attached hydrogens (tertiary/aromatic N) is 2. The molecule has 0 radical (unpaired) electrons. The molecular formula is C22H30N2O3S. The first-order chi connectivity index (χ1) is 13.6. The molecule has 0 saturated carbocycles. The Labute approximate surface area is 172 Å². The molecule has 0 aliphatic carbocycles. The summed E-state index contributed by atoms with van der Waals surface area (Å²) < 4.78 is 5.27. The zero-order valence-corrected chi connectivity index (χ0v) is 17.6. The van der Waals surface area contributed by atoms with Crippen molar-refractivity contribution < 1.29 is 14.3 Å². The van der Waals surface area contributed by atoms with Gasteiger partial charge in [0.15, 0.2) is 0 Å². The van der Waals surface area contributed by atoms with Gasteiger partial charge < -0.3 is 9.64 Å². The molecule has 2 amide bonds. The Balaban J connectivity index is 1.39. The van der Waals surface area contributed by atoms with Crippen LogP contribution >= 0.6 is 11.8 Å². The van der Waals surface area contributed by atoms with Gasteiger partial charge >= 0.3 is 6.09 Å². The van der Waals surface area contributed by atoms with E-state index in [0.717, 1.165) is 31.7 Å². The van der Waals surface area contributed by atoms with Crippen molar-refractivity contribution >= 4 is 29.8 Å². The van der Waals surface area contributed by atoms with Crippen LogP contribution in [0.15, 0.2) is 35.7 Å². The number of ether oxygens (including phenoxy) is 1. The van der Waals surface area contributed by atoms with Gasteiger partial charge in [-0.1, -0.05) is 44.2 Å². The van der Waals surface area contributed by atoms with Crippen LogP contribution in [-0.2, 0) is 9.53 Å². The largest absolute Gasteiger partial charge is 0.447 e. The molecule has 3 rings (SSSR count). The minimum Gasteiger partial charge on any atom is -0.447 e. The van der Waals surface area contributed by atoms with Crippen molar-refractivity contribution in [3.63, 3.8) is 0 Å². The van der Waals surface area contributed by atoms with Gasteiger partial charge in [0.1, 0.15) is 6.61 Å². The second-order valence-electron chi connectivity index (χ2n) is 7.74. The van der Waals surface area contributed by atoms with Crippen LogP contribution in [0.4, 0.5) is 4.79 Å². The summed E-state index contributed by atoms with van der Waals surface area (Å²) in [7, 11) is 0. The summed E-state index contributed by atoms with van der Waals surface area (Å²) >= 11 is 1.67. The fourth-order valence-corrected chi connectivity index (χ4v) is 4.52. The predicted octanol–water partition coefficient (Wildman–Crippen LogP) is 4.25. The maximum atomic E-state index is 12.5. The van der Waals surface area contributed by atoms with Crippen LogP contribution in [0.1, 0.15) is 38.7 Å². The highest BCUT2D eigenvalue weighted by Crippen LogP contribution is 2.27. The number of amides is 2. The van der Waals surface area contributed by atoms with Gasteiger partial charge in [-0.15, -0.1) is 11.8 Å². The first kappa shape index (κ1) is 20.8. The Morgan fingerprint density at radius 2 is 1.96 bits per heavy atom. The second kappa shape index (κ2) is 10.0. The lowest BCUT2D eigenvalue weighted by Crippen LogP contribution is -2.51.